The molecule has 0 saturated carbocycles. The van der Waals surface area contributed by atoms with Gasteiger partial charge in [0.25, 0.3) is 0 Å². The maximum Gasteiger partial charge on any atom is 0.534 e. The van der Waals surface area contributed by atoms with Crippen molar-refractivity contribution >= 4 is 21.8 Å². The minimum absolute atomic E-state index is 0.0839. The number of hydrogen-bond donors (Lipinski definition) is 0. The number of aryl methyl sites for hydroxylation is 1. The van der Waals surface area contributed by atoms with Crippen molar-refractivity contribution in [1.82, 2.24) is 9.97 Å². The van der Waals surface area contributed by atoms with Gasteiger partial charge in [0.05, 0.1) is 5.69 Å². The lowest BCUT2D eigenvalue weighted by molar-refractivity contribution is -0.0500. The molecule has 13 heteroatoms. The largest absolute Gasteiger partial charge is 0.534 e. The number of hydrogen-bond acceptors (Lipinski definition) is 9. The van der Waals surface area contributed by atoms with E-state index >= 15 is 0 Å². The number of halogens is 3. The van der Waals surface area contributed by atoms with Gasteiger partial charge in [0.1, 0.15) is 23.8 Å². The number of carbonyl (C=O) groups excluding carboxylic acids is 1. The molecular formula is C30H34F3N3O6S. The summed E-state index contributed by atoms with van der Waals surface area (Å²) in [5.41, 5.74) is -3.94. The molecule has 0 bridgehead atoms. The van der Waals surface area contributed by atoms with Gasteiger partial charge in [0, 0.05) is 25.2 Å². The number of carbonyl (C=O) groups is 1. The highest BCUT2D eigenvalue weighted by molar-refractivity contribution is 7.88. The van der Waals surface area contributed by atoms with E-state index in [9.17, 15) is 26.4 Å². The first-order chi connectivity index (χ1) is 20.1. The Labute approximate surface area is 249 Å². The lowest BCUT2D eigenvalue weighted by atomic mass is 9.93. The van der Waals surface area contributed by atoms with Gasteiger partial charge in [-0.15, -0.1) is 0 Å². The number of anilines is 1. The predicted molar refractivity (Wildman–Crippen MR) is 153 cm³/mol. The third-order valence-corrected chi connectivity index (χ3v) is 7.66. The summed E-state index contributed by atoms with van der Waals surface area (Å²) in [6.45, 7) is 8.67. The SMILES string of the molecule is Cc1nc(CC2CCN(c3ccc(OS(=O)(=O)C(F)(F)F)cc3)CC2)nc(C(=O)OC(C)(C)C)c1OCc1ccccc1. The van der Waals surface area contributed by atoms with Crippen molar-refractivity contribution in [2.45, 2.75) is 64.7 Å². The number of aromatic nitrogens is 2. The summed E-state index contributed by atoms with van der Waals surface area (Å²) in [6.07, 6.45) is 2.08. The van der Waals surface area contributed by atoms with Crippen LogP contribution in [0.1, 0.15) is 61.2 Å². The van der Waals surface area contributed by atoms with Crippen LogP contribution in [0.2, 0.25) is 0 Å². The first kappa shape index (κ1) is 32.1. The summed E-state index contributed by atoms with van der Waals surface area (Å²) < 4.78 is 76.1. The van der Waals surface area contributed by atoms with Crippen LogP contribution in [-0.4, -0.2) is 48.6 Å². The monoisotopic (exact) mass is 621 g/mol. The van der Waals surface area contributed by atoms with E-state index in [0.29, 0.717) is 31.0 Å². The Kier molecular flexibility index (Phi) is 9.53. The third-order valence-electron chi connectivity index (χ3n) is 6.68. The second kappa shape index (κ2) is 12.8. The van der Waals surface area contributed by atoms with Gasteiger partial charge in [-0.3, -0.25) is 0 Å². The second-order valence-corrected chi connectivity index (χ2v) is 12.8. The summed E-state index contributed by atoms with van der Waals surface area (Å²) in [5, 5.41) is 0. The minimum atomic E-state index is -5.73. The fourth-order valence-electron chi connectivity index (χ4n) is 4.62. The van der Waals surface area contributed by atoms with Gasteiger partial charge in [0.15, 0.2) is 11.4 Å². The van der Waals surface area contributed by atoms with Gasteiger partial charge in [-0.05, 0) is 76.3 Å². The molecule has 0 unspecified atom stereocenters. The van der Waals surface area contributed by atoms with Gasteiger partial charge < -0.3 is 18.6 Å². The van der Waals surface area contributed by atoms with E-state index in [-0.39, 0.29) is 24.0 Å². The Hall–Kier alpha value is -3.87. The molecule has 1 aromatic heterocycles. The molecule has 0 radical (unpaired) electrons. The van der Waals surface area contributed by atoms with Gasteiger partial charge in [0.2, 0.25) is 0 Å². The molecule has 1 aliphatic heterocycles. The van der Waals surface area contributed by atoms with Crippen molar-refractivity contribution in [3.05, 3.63) is 77.4 Å². The van der Waals surface area contributed by atoms with E-state index in [1.54, 1.807) is 27.7 Å². The minimum Gasteiger partial charge on any atom is -0.484 e. The average Bonchev–Trinajstić information content (AvgIpc) is 2.92. The molecule has 0 spiro atoms. The van der Waals surface area contributed by atoms with Crippen molar-refractivity contribution in [3.8, 4) is 11.5 Å². The molecule has 4 rings (SSSR count). The Morgan fingerprint density at radius 3 is 2.19 bits per heavy atom. The number of rotatable bonds is 9. The highest BCUT2D eigenvalue weighted by atomic mass is 32.2. The molecular weight excluding hydrogens is 587 g/mol. The maximum absolute atomic E-state index is 13.1. The smallest absolute Gasteiger partial charge is 0.484 e. The van der Waals surface area contributed by atoms with Gasteiger partial charge in [-0.25, -0.2) is 14.8 Å². The molecule has 2 aromatic carbocycles. The van der Waals surface area contributed by atoms with E-state index in [1.165, 1.54) is 24.3 Å². The van der Waals surface area contributed by atoms with Crippen molar-refractivity contribution in [1.29, 1.82) is 0 Å². The van der Waals surface area contributed by atoms with E-state index in [0.717, 1.165) is 24.1 Å². The predicted octanol–water partition coefficient (Wildman–Crippen LogP) is 6.01. The van der Waals surface area contributed by atoms with Crippen molar-refractivity contribution < 1.29 is 40.0 Å². The zero-order valence-corrected chi connectivity index (χ0v) is 25.2. The standard InChI is InChI=1S/C30H34F3N3O6S/c1-20-27(40-19-22-8-6-5-7-9-22)26(28(37)41-29(2,3)4)35-25(34-20)18-21-14-16-36(17-15-21)23-10-12-24(13-11-23)42-43(38,39)30(31,32)33/h5-13,21H,14-19H2,1-4H3. The number of ether oxygens (including phenoxy) is 2. The van der Waals surface area contributed by atoms with E-state index in [1.807, 2.05) is 30.3 Å². The molecule has 232 valence electrons. The fourth-order valence-corrected chi connectivity index (χ4v) is 5.08. The lowest BCUT2D eigenvalue weighted by Crippen LogP contribution is -2.34. The number of esters is 1. The van der Waals surface area contributed by atoms with Crippen LogP contribution in [0.15, 0.2) is 54.6 Å². The Balaban J connectivity index is 1.42. The molecule has 0 N–H and O–H groups in total. The maximum atomic E-state index is 13.1. The molecule has 3 aromatic rings. The number of alkyl halides is 3. The van der Waals surface area contributed by atoms with E-state index in [2.05, 4.69) is 19.1 Å². The molecule has 1 fully saturated rings. The molecule has 0 atom stereocenters. The Morgan fingerprint density at radius 2 is 1.60 bits per heavy atom. The molecule has 1 saturated heterocycles. The van der Waals surface area contributed by atoms with Crippen LogP contribution in [0.5, 0.6) is 11.5 Å². The molecule has 43 heavy (non-hydrogen) atoms. The van der Waals surface area contributed by atoms with Crippen molar-refractivity contribution in [3.63, 3.8) is 0 Å². The van der Waals surface area contributed by atoms with Gasteiger partial charge >= 0.3 is 21.6 Å². The van der Waals surface area contributed by atoms with Crippen molar-refractivity contribution in [2.75, 3.05) is 18.0 Å². The lowest BCUT2D eigenvalue weighted by Gasteiger charge is -2.33. The van der Waals surface area contributed by atoms with E-state index < -0.39 is 32.9 Å². The third kappa shape index (κ3) is 8.59. The summed E-state index contributed by atoms with van der Waals surface area (Å²) in [4.78, 5) is 24.4. The number of benzene rings is 2. The Morgan fingerprint density at radius 1 is 0.977 bits per heavy atom. The quantitative estimate of drug-likeness (QED) is 0.161. The van der Waals surface area contributed by atoms with Crippen LogP contribution in [0, 0.1) is 12.8 Å². The van der Waals surface area contributed by atoms with Crippen LogP contribution in [-0.2, 0) is 27.9 Å². The van der Waals surface area contributed by atoms with Gasteiger partial charge in [-0.1, -0.05) is 30.3 Å². The summed E-state index contributed by atoms with van der Waals surface area (Å²) >= 11 is 0. The van der Waals surface area contributed by atoms with Crippen LogP contribution in [0.4, 0.5) is 18.9 Å². The van der Waals surface area contributed by atoms with Crippen LogP contribution >= 0.6 is 0 Å². The number of nitrogens with zero attached hydrogens (tertiary/aromatic N) is 3. The topological polar surface area (TPSA) is 108 Å². The zero-order valence-electron chi connectivity index (χ0n) is 24.3. The van der Waals surface area contributed by atoms with Crippen LogP contribution in [0.3, 0.4) is 0 Å². The summed E-state index contributed by atoms with van der Waals surface area (Å²) in [5.74, 6) is 0.00851. The zero-order chi connectivity index (χ0) is 31.4. The molecule has 0 aliphatic carbocycles. The van der Waals surface area contributed by atoms with Crippen LogP contribution in [0.25, 0.3) is 0 Å². The molecule has 1 aliphatic rings. The first-order valence-corrected chi connectivity index (χ1v) is 15.2. The van der Waals surface area contributed by atoms with Crippen molar-refractivity contribution in [2.24, 2.45) is 5.92 Å². The summed E-state index contributed by atoms with van der Waals surface area (Å²) in [6, 6.07) is 15.0. The number of piperidine rings is 1. The first-order valence-electron chi connectivity index (χ1n) is 13.7. The normalized spacial score (nSPS) is 14.8. The fraction of sp³-hybridized carbons (Fsp3) is 0.433. The molecule has 2 heterocycles. The second-order valence-electron chi connectivity index (χ2n) is 11.3. The average molecular weight is 622 g/mol. The highest BCUT2D eigenvalue weighted by Crippen LogP contribution is 2.31. The summed E-state index contributed by atoms with van der Waals surface area (Å²) in [7, 11) is -5.73. The van der Waals surface area contributed by atoms with Crippen LogP contribution < -0.4 is 13.8 Å². The van der Waals surface area contributed by atoms with Gasteiger partial charge in [-0.2, -0.15) is 21.6 Å². The van der Waals surface area contributed by atoms with E-state index in [4.69, 9.17) is 9.47 Å². The molecule has 9 nitrogen and oxygen atoms in total. The molecule has 0 amide bonds. The Bertz CT molecular complexity index is 1520. The highest BCUT2D eigenvalue weighted by Gasteiger charge is 2.48.